The van der Waals surface area contributed by atoms with Crippen LogP contribution in [0.1, 0.15) is 32.3 Å². The lowest BCUT2D eigenvalue weighted by molar-refractivity contribution is -0.122. The van der Waals surface area contributed by atoms with Crippen LogP contribution in [0.15, 0.2) is 53.0 Å². The van der Waals surface area contributed by atoms with Crippen LogP contribution in [0.3, 0.4) is 0 Å². The van der Waals surface area contributed by atoms with Gasteiger partial charge >= 0.3 is 0 Å². The maximum absolute atomic E-state index is 13.1. The van der Waals surface area contributed by atoms with E-state index in [1.54, 1.807) is 0 Å². The summed E-state index contributed by atoms with van der Waals surface area (Å²) in [5.41, 5.74) is 3.10. The van der Waals surface area contributed by atoms with Gasteiger partial charge in [-0.25, -0.2) is 0 Å². The molecule has 0 atom stereocenters. The SMILES string of the molecule is CC1(C)C(=O)N(CC2CCN(c3ccccc3)CC2)c2cc(Br)ccc21. The van der Waals surface area contributed by atoms with Crippen LogP contribution in [0.2, 0.25) is 0 Å². The van der Waals surface area contributed by atoms with E-state index in [0.29, 0.717) is 5.92 Å². The highest BCUT2D eigenvalue weighted by Gasteiger charge is 2.44. The largest absolute Gasteiger partial charge is 0.372 e. The Kier molecular flexibility index (Phi) is 4.55. The van der Waals surface area contributed by atoms with E-state index in [1.165, 1.54) is 5.69 Å². The first-order chi connectivity index (χ1) is 12.5. The number of nitrogens with zero attached hydrogens (tertiary/aromatic N) is 2. The molecule has 0 saturated carbocycles. The van der Waals surface area contributed by atoms with Crippen molar-refractivity contribution in [2.24, 2.45) is 5.92 Å². The molecule has 2 heterocycles. The van der Waals surface area contributed by atoms with Crippen LogP contribution in [0.4, 0.5) is 11.4 Å². The van der Waals surface area contributed by atoms with Gasteiger partial charge in [0.25, 0.3) is 0 Å². The van der Waals surface area contributed by atoms with E-state index in [1.807, 2.05) is 24.8 Å². The van der Waals surface area contributed by atoms with Crippen LogP contribution < -0.4 is 9.80 Å². The van der Waals surface area contributed by atoms with Gasteiger partial charge < -0.3 is 9.80 Å². The highest BCUT2D eigenvalue weighted by molar-refractivity contribution is 9.10. The molecule has 2 aromatic carbocycles. The smallest absolute Gasteiger partial charge is 0.237 e. The number of hydrogen-bond acceptors (Lipinski definition) is 2. The summed E-state index contributed by atoms with van der Waals surface area (Å²) in [5, 5.41) is 0. The summed E-state index contributed by atoms with van der Waals surface area (Å²) in [6, 6.07) is 16.8. The van der Waals surface area contributed by atoms with E-state index in [9.17, 15) is 4.79 Å². The van der Waals surface area contributed by atoms with Gasteiger partial charge in [0.1, 0.15) is 0 Å². The first-order valence-electron chi connectivity index (χ1n) is 9.39. The molecule has 0 N–H and O–H groups in total. The second-order valence-corrected chi connectivity index (χ2v) is 8.88. The van der Waals surface area contributed by atoms with Gasteiger partial charge in [-0.15, -0.1) is 0 Å². The number of fused-ring (bicyclic) bond motifs is 1. The minimum atomic E-state index is -0.430. The third kappa shape index (κ3) is 3.05. The Bertz CT molecular complexity index is 810. The molecule has 4 rings (SSSR count). The zero-order chi connectivity index (χ0) is 18.3. The van der Waals surface area contributed by atoms with E-state index in [-0.39, 0.29) is 5.91 Å². The fraction of sp³-hybridized carbons (Fsp3) is 0.409. The molecule has 1 saturated heterocycles. The molecule has 26 heavy (non-hydrogen) atoms. The quantitative estimate of drug-likeness (QED) is 0.708. The van der Waals surface area contributed by atoms with E-state index in [0.717, 1.165) is 48.2 Å². The fourth-order valence-electron chi connectivity index (χ4n) is 4.27. The summed E-state index contributed by atoms with van der Waals surface area (Å²) in [5.74, 6) is 0.788. The lowest BCUT2D eigenvalue weighted by Crippen LogP contribution is -2.42. The molecule has 3 nitrogen and oxygen atoms in total. The molecular weight excluding hydrogens is 388 g/mol. The number of hydrogen-bond donors (Lipinski definition) is 0. The zero-order valence-corrected chi connectivity index (χ0v) is 17.0. The fourth-order valence-corrected chi connectivity index (χ4v) is 4.62. The molecule has 136 valence electrons. The van der Waals surface area contributed by atoms with E-state index in [2.05, 4.69) is 63.3 Å². The molecular formula is C22H25BrN2O. The van der Waals surface area contributed by atoms with Crippen molar-refractivity contribution in [3.8, 4) is 0 Å². The van der Waals surface area contributed by atoms with Crippen molar-refractivity contribution in [3.05, 3.63) is 58.6 Å². The molecule has 1 amide bonds. The average Bonchev–Trinajstić information content (AvgIpc) is 2.83. The Morgan fingerprint density at radius 1 is 1.08 bits per heavy atom. The summed E-state index contributed by atoms with van der Waals surface area (Å²) in [6.07, 6.45) is 2.25. The minimum Gasteiger partial charge on any atom is -0.372 e. The van der Waals surface area contributed by atoms with Gasteiger partial charge in [-0.05, 0) is 62.4 Å². The van der Waals surface area contributed by atoms with Gasteiger partial charge in [0.05, 0.1) is 5.41 Å². The van der Waals surface area contributed by atoms with Crippen molar-refractivity contribution < 1.29 is 4.79 Å². The van der Waals surface area contributed by atoms with Crippen LogP contribution in [-0.4, -0.2) is 25.5 Å². The molecule has 0 aliphatic carbocycles. The lowest BCUT2D eigenvalue weighted by atomic mass is 9.86. The van der Waals surface area contributed by atoms with E-state index >= 15 is 0 Å². The summed E-state index contributed by atoms with van der Waals surface area (Å²) in [4.78, 5) is 17.5. The Morgan fingerprint density at radius 3 is 2.46 bits per heavy atom. The number of amides is 1. The Balaban J connectivity index is 1.47. The Hall–Kier alpha value is -1.81. The monoisotopic (exact) mass is 412 g/mol. The van der Waals surface area contributed by atoms with Gasteiger partial charge in [0, 0.05) is 35.5 Å². The average molecular weight is 413 g/mol. The number of para-hydroxylation sites is 1. The number of carbonyl (C=O) groups excluding carboxylic acids is 1. The van der Waals surface area contributed by atoms with Gasteiger partial charge in [0.2, 0.25) is 5.91 Å². The standard InChI is InChI=1S/C22H25BrN2O/c1-22(2)19-9-8-17(23)14-20(19)25(21(22)26)15-16-10-12-24(13-11-16)18-6-4-3-5-7-18/h3-9,14,16H,10-13,15H2,1-2H3. The summed E-state index contributed by atoms with van der Waals surface area (Å²) < 4.78 is 1.03. The van der Waals surface area contributed by atoms with Gasteiger partial charge in [-0.3, -0.25) is 4.79 Å². The van der Waals surface area contributed by atoms with Crippen molar-refractivity contribution in [2.75, 3.05) is 29.4 Å². The van der Waals surface area contributed by atoms with Crippen LogP contribution >= 0.6 is 15.9 Å². The van der Waals surface area contributed by atoms with Crippen LogP contribution in [0.5, 0.6) is 0 Å². The number of piperidine rings is 1. The normalized spacial score (nSPS) is 19.7. The summed E-state index contributed by atoms with van der Waals surface area (Å²) >= 11 is 3.56. The molecule has 2 aromatic rings. The van der Waals surface area contributed by atoms with Crippen LogP contribution in [-0.2, 0) is 10.2 Å². The highest BCUT2D eigenvalue weighted by Crippen LogP contribution is 2.43. The van der Waals surface area contributed by atoms with Crippen LogP contribution in [0.25, 0.3) is 0 Å². The molecule has 1 fully saturated rings. The predicted molar refractivity (Wildman–Crippen MR) is 111 cm³/mol. The van der Waals surface area contributed by atoms with Crippen molar-refractivity contribution >= 4 is 33.2 Å². The van der Waals surface area contributed by atoms with Crippen molar-refractivity contribution in [3.63, 3.8) is 0 Å². The predicted octanol–water partition coefficient (Wildman–Crippen LogP) is 4.99. The molecule has 2 aliphatic heterocycles. The summed E-state index contributed by atoms with van der Waals surface area (Å²) in [7, 11) is 0. The number of halogens is 1. The topological polar surface area (TPSA) is 23.6 Å². The minimum absolute atomic E-state index is 0.232. The summed E-state index contributed by atoms with van der Waals surface area (Å²) in [6.45, 7) is 7.03. The Morgan fingerprint density at radius 2 is 1.77 bits per heavy atom. The van der Waals surface area contributed by atoms with E-state index < -0.39 is 5.41 Å². The molecule has 0 spiro atoms. The first-order valence-corrected chi connectivity index (χ1v) is 10.2. The lowest BCUT2D eigenvalue weighted by Gasteiger charge is -2.35. The highest BCUT2D eigenvalue weighted by atomic mass is 79.9. The number of benzene rings is 2. The van der Waals surface area contributed by atoms with Crippen molar-refractivity contribution in [2.45, 2.75) is 32.1 Å². The third-order valence-electron chi connectivity index (χ3n) is 5.88. The second-order valence-electron chi connectivity index (χ2n) is 7.97. The van der Waals surface area contributed by atoms with E-state index in [4.69, 9.17) is 0 Å². The third-order valence-corrected chi connectivity index (χ3v) is 6.37. The van der Waals surface area contributed by atoms with Gasteiger partial charge in [0.15, 0.2) is 0 Å². The first kappa shape index (κ1) is 17.6. The number of carbonyl (C=O) groups is 1. The molecule has 0 bridgehead atoms. The second kappa shape index (κ2) is 6.73. The maximum atomic E-state index is 13.1. The zero-order valence-electron chi connectivity index (χ0n) is 15.4. The van der Waals surface area contributed by atoms with Gasteiger partial charge in [-0.2, -0.15) is 0 Å². The van der Waals surface area contributed by atoms with Crippen molar-refractivity contribution in [1.82, 2.24) is 0 Å². The molecule has 4 heteroatoms. The number of rotatable bonds is 3. The van der Waals surface area contributed by atoms with Gasteiger partial charge in [-0.1, -0.05) is 40.2 Å². The number of anilines is 2. The molecule has 2 aliphatic rings. The molecule has 0 unspecified atom stereocenters. The van der Waals surface area contributed by atoms with Crippen LogP contribution in [0, 0.1) is 5.92 Å². The molecule has 0 aromatic heterocycles. The molecule has 0 radical (unpaired) electrons. The maximum Gasteiger partial charge on any atom is 0.237 e. The Labute approximate surface area is 164 Å². The van der Waals surface area contributed by atoms with Crippen molar-refractivity contribution in [1.29, 1.82) is 0 Å².